The summed E-state index contributed by atoms with van der Waals surface area (Å²) in [5.41, 5.74) is 4.42. The molecule has 1 N–H and O–H groups in total. The highest BCUT2D eigenvalue weighted by molar-refractivity contribution is 5.85. The van der Waals surface area contributed by atoms with E-state index in [2.05, 4.69) is 15.0 Å². The van der Waals surface area contributed by atoms with E-state index in [4.69, 9.17) is 9.63 Å². The number of rotatable bonds is 5. The first-order valence-electron chi connectivity index (χ1n) is 12.4. The molecule has 0 saturated heterocycles. The fraction of sp³-hybridized carbons (Fsp3) is 0.276. The van der Waals surface area contributed by atoms with Crippen LogP contribution in [0.2, 0.25) is 0 Å². The van der Waals surface area contributed by atoms with Crippen LogP contribution in [0.5, 0.6) is 0 Å². The summed E-state index contributed by atoms with van der Waals surface area (Å²) >= 11 is 0. The second kappa shape index (κ2) is 10.1. The Morgan fingerprint density at radius 3 is 2.41 bits per heavy atom. The van der Waals surface area contributed by atoms with Crippen LogP contribution in [0, 0.1) is 12.8 Å². The molecule has 2 heterocycles. The Kier molecular flexibility index (Phi) is 6.99. The lowest BCUT2D eigenvalue weighted by atomic mass is 9.79. The number of alkyl halides is 3. The van der Waals surface area contributed by atoms with Gasteiger partial charge in [-0.3, -0.25) is 9.69 Å². The van der Waals surface area contributed by atoms with Gasteiger partial charge < -0.3 is 9.63 Å². The van der Waals surface area contributed by atoms with Crippen LogP contribution in [0.1, 0.15) is 35.1 Å². The molecule has 1 aliphatic heterocycles. The SMILES string of the molecule is Cc1cc(-c2nc(-c3ccc4c(c3)CN(C3CC(C(=O)O)C3)C4)no2)ccc1-c1ccccc1C(F)(F)F.Cl. The van der Waals surface area contributed by atoms with E-state index in [0.717, 1.165) is 30.3 Å². The minimum atomic E-state index is -4.45. The van der Waals surface area contributed by atoms with E-state index in [-0.39, 0.29) is 35.8 Å². The predicted octanol–water partition coefficient (Wildman–Crippen LogP) is 7.00. The van der Waals surface area contributed by atoms with E-state index in [0.29, 0.717) is 35.4 Å². The molecule has 0 unspecified atom stereocenters. The summed E-state index contributed by atoms with van der Waals surface area (Å²) in [7, 11) is 0. The Balaban J connectivity index is 0.00000308. The number of fused-ring (bicyclic) bond motifs is 1. The molecule has 1 aromatic heterocycles. The van der Waals surface area contributed by atoms with Crippen molar-refractivity contribution in [2.45, 2.75) is 45.1 Å². The number of hydrogen-bond acceptors (Lipinski definition) is 5. The Hall–Kier alpha value is -3.69. The molecule has 3 aromatic carbocycles. The molecule has 2 aliphatic rings. The highest BCUT2D eigenvalue weighted by Gasteiger charge is 2.39. The van der Waals surface area contributed by atoms with Gasteiger partial charge in [-0.1, -0.05) is 41.6 Å². The lowest BCUT2D eigenvalue weighted by molar-refractivity contribution is -0.147. The molecule has 1 saturated carbocycles. The quantitative estimate of drug-likeness (QED) is 0.286. The Morgan fingerprint density at radius 2 is 1.69 bits per heavy atom. The number of aromatic nitrogens is 2. The molecule has 202 valence electrons. The van der Waals surface area contributed by atoms with E-state index in [9.17, 15) is 18.0 Å². The molecule has 39 heavy (non-hydrogen) atoms. The van der Waals surface area contributed by atoms with Crippen molar-refractivity contribution in [1.29, 1.82) is 0 Å². The van der Waals surface area contributed by atoms with Gasteiger partial charge in [0.15, 0.2) is 0 Å². The van der Waals surface area contributed by atoms with Crippen LogP contribution in [0.25, 0.3) is 34.0 Å². The molecule has 10 heteroatoms. The minimum absolute atomic E-state index is 0. The first-order valence-corrected chi connectivity index (χ1v) is 12.4. The van der Waals surface area contributed by atoms with Crippen LogP contribution in [0.3, 0.4) is 0 Å². The summed E-state index contributed by atoms with van der Waals surface area (Å²) < 4.78 is 46.1. The average Bonchev–Trinajstić information content (AvgIpc) is 3.49. The number of carboxylic acids is 1. The molecular formula is C29H25ClF3N3O3. The maximum atomic E-state index is 13.5. The lowest BCUT2D eigenvalue weighted by Gasteiger charge is -2.39. The average molecular weight is 556 g/mol. The summed E-state index contributed by atoms with van der Waals surface area (Å²) in [6.45, 7) is 3.31. The number of aliphatic carboxylic acids is 1. The zero-order valence-corrected chi connectivity index (χ0v) is 21.7. The van der Waals surface area contributed by atoms with E-state index >= 15 is 0 Å². The summed E-state index contributed by atoms with van der Waals surface area (Å²) in [4.78, 5) is 18.0. The maximum absolute atomic E-state index is 13.5. The largest absolute Gasteiger partial charge is 0.481 e. The van der Waals surface area contributed by atoms with Crippen LogP contribution < -0.4 is 0 Å². The van der Waals surface area contributed by atoms with E-state index in [1.807, 2.05) is 18.2 Å². The first-order chi connectivity index (χ1) is 18.2. The van der Waals surface area contributed by atoms with Gasteiger partial charge >= 0.3 is 12.1 Å². The summed E-state index contributed by atoms with van der Waals surface area (Å²) in [6.07, 6.45) is -3.08. The van der Waals surface area contributed by atoms with Crippen molar-refractivity contribution in [3.05, 3.63) is 82.9 Å². The highest BCUT2D eigenvalue weighted by Crippen LogP contribution is 2.40. The van der Waals surface area contributed by atoms with Crippen LogP contribution in [0.15, 0.2) is 65.2 Å². The molecule has 6 rings (SSSR count). The van der Waals surface area contributed by atoms with E-state index < -0.39 is 17.7 Å². The zero-order valence-electron chi connectivity index (χ0n) is 20.9. The molecule has 0 spiro atoms. The predicted molar refractivity (Wildman–Crippen MR) is 141 cm³/mol. The molecule has 6 nitrogen and oxygen atoms in total. The Bertz CT molecular complexity index is 1550. The van der Waals surface area contributed by atoms with Crippen LogP contribution in [-0.4, -0.2) is 32.2 Å². The minimum Gasteiger partial charge on any atom is -0.481 e. The van der Waals surface area contributed by atoms with Gasteiger partial charge in [-0.05, 0) is 71.8 Å². The second-order valence-corrected chi connectivity index (χ2v) is 10.0. The molecular weight excluding hydrogens is 531 g/mol. The van der Waals surface area contributed by atoms with Crippen LogP contribution in [-0.2, 0) is 24.1 Å². The molecule has 4 aromatic rings. The zero-order chi connectivity index (χ0) is 26.6. The second-order valence-electron chi connectivity index (χ2n) is 10.0. The van der Waals surface area contributed by atoms with Crippen molar-refractivity contribution in [3.8, 4) is 34.0 Å². The highest BCUT2D eigenvalue weighted by atomic mass is 35.5. The smallest absolute Gasteiger partial charge is 0.417 e. The van der Waals surface area contributed by atoms with Gasteiger partial charge in [0, 0.05) is 30.3 Å². The van der Waals surface area contributed by atoms with Gasteiger partial charge in [0.05, 0.1) is 11.5 Å². The number of carbonyl (C=O) groups is 1. The van der Waals surface area contributed by atoms with Gasteiger partial charge in [-0.2, -0.15) is 18.2 Å². The number of nitrogens with zero attached hydrogens (tertiary/aromatic N) is 3. The van der Waals surface area contributed by atoms with Crippen LogP contribution in [0.4, 0.5) is 13.2 Å². The third kappa shape index (κ3) is 5.04. The van der Waals surface area contributed by atoms with Crippen LogP contribution >= 0.6 is 12.4 Å². The summed E-state index contributed by atoms with van der Waals surface area (Å²) in [6, 6.07) is 17.0. The van der Waals surface area contributed by atoms with Crippen molar-refractivity contribution in [2.75, 3.05) is 0 Å². The number of benzene rings is 3. The van der Waals surface area contributed by atoms with Crippen molar-refractivity contribution in [3.63, 3.8) is 0 Å². The third-order valence-corrected chi connectivity index (χ3v) is 7.61. The fourth-order valence-electron chi connectivity index (χ4n) is 5.43. The van der Waals surface area contributed by atoms with Crippen molar-refractivity contribution >= 4 is 18.4 Å². The first kappa shape index (κ1) is 26.9. The van der Waals surface area contributed by atoms with Crippen molar-refractivity contribution in [1.82, 2.24) is 15.0 Å². The molecule has 1 fully saturated rings. The maximum Gasteiger partial charge on any atom is 0.417 e. The fourth-order valence-corrected chi connectivity index (χ4v) is 5.43. The van der Waals surface area contributed by atoms with E-state index in [1.165, 1.54) is 17.7 Å². The third-order valence-electron chi connectivity index (χ3n) is 7.61. The van der Waals surface area contributed by atoms with Gasteiger partial charge in [-0.25, -0.2) is 0 Å². The summed E-state index contributed by atoms with van der Waals surface area (Å²) in [5.74, 6) is -0.242. The molecule has 0 bridgehead atoms. The Labute approximate surface area is 228 Å². The van der Waals surface area contributed by atoms with Gasteiger partial charge in [0.2, 0.25) is 5.82 Å². The van der Waals surface area contributed by atoms with E-state index in [1.54, 1.807) is 31.2 Å². The normalized spacial score (nSPS) is 18.8. The van der Waals surface area contributed by atoms with Gasteiger partial charge in [-0.15, -0.1) is 12.4 Å². The lowest BCUT2D eigenvalue weighted by Crippen LogP contribution is -2.44. The topological polar surface area (TPSA) is 79.5 Å². The van der Waals surface area contributed by atoms with Gasteiger partial charge in [0.1, 0.15) is 0 Å². The standard InChI is InChI=1S/C29H24F3N3O3.ClH/c1-16-10-18(8-9-23(16)24-4-2-3-5-25(24)29(30,31)32)27-33-26(34-38-27)17-6-7-19-14-35(15-21(19)11-17)22-12-20(13-22)28(36)37;/h2-11,20,22H,12-15H2,1H3,(H,36,37);1H. The monoisotopic (exact) mass is 555 g/mol. The molecule has 0 atom stereocenters. The molecule has 1 aliphatic carbocycles. The number of hydrogen-bond donors (Lipinski definition) is 1. The Morgan fingerprint density at radius 1 is 0.974 bits per heavy atom. The van der Waals surface area contributed by atoms with Crippen molar-refractivity contribution < 1.29 is 27.6 Å². The summed E-state index contributed by atoms with van der Waals surface area (Å²) in [5, 5.41) is 13.3. The van der Waals surface area contributed by atoms with Crippen molar-refractivity contribution in [2.24, 2.45) is 5.92 Å². The molecule has 0 radical (unpaired) electrons. The molecule has 0 amide bonds. The number of carboxylic acid groups (broad SMARTS) is 1. The number of aryl methyl sites for hydroxylation is 1. The number of halogens is 4. The van der Waals surface area contributed by atoms with Gasteiger partial charge in [0.25, 0.3) is 5.89 Å².